The molecule has 2 aromatic rings. The van der Waals surface area contributed by atoms with Crippen LogP contribution in [-0.4, -0.2) is 42.5 Å². The number of hydrogen-bond acceptors (Lipinski definition) is 4. The van der Waals surface area contributed by atoms with Crippen molar-refractivity contribution >= 4 is 17.4 Å². The van der Waals surface area contributed by atoms with E-state index in [1.807, 2.05) is 31.1 Å². The molecule has 0 saturated heterocycles. The maximum atomic E-state index is 12.9. The first kappa shape index (κ1) is 18.0. The molecule has 5 nitrogen and oxygen atoms in total. The van der Waals surface area contributed by atoms with Crippen LogP contribution in [-0.2, 0) is 6.54 Å². The third kappa shape index (κ3) is 4.64. The van der Waals surface area contributed by atoms with E-state index in [0.29, 0.717) is 19.1 Å². The minimum Gasteiger partial charge on any atom is -0.468 e. The summed E-state index contributed by atoms with van der Waals surface area (Å²) in [6.07, 6.45) is 6.31. The highest BCUT2D eigenvalue weighted by Crippen LogP contribution is 2.26. The van der Waals surface area contributed by atoms with E-state index in [0.717, 1.165) is 18.6 Å². The van der Waals surface area contributed by atoms with E-state index >= 15 is 0 Å². The van der Waals surface area contributed by atoms with Gasteiger partial charge >= 0.3 is 6.03 Å². The lowest BCUT2D eigenvalue weighted by Gasteiger charge is -2.30. The minimum absolute atomic E-state index is 0.0245. The molecule has 3 rings (SSSR count). The van der Waals surface area contributed by atoms with E-state index in [1.54, 1.807) is 17.6 Å². The van der Waals surface area contributed by atoms with E-state index in [9.17, 15) is 4.79 Å². The number of urea groups is 1. The molecule has 1 atom stereocenters. The standard InChI is InChI=1S/C19H27N3O2S/c1-21(2)17(18-8-5-10-24-18)12-20-19(23)22(16-6-3-4-7-16)13-15-9-11-25-14-15/h5,8-11,14,16-17H,3-4,6-7,12-13H2,1-2H3,(H,20,23)/t17-/m0/s1. The Morgan fingerprint density at radius 3 is 2.76 bits per heavy atom. The summed E-state index contributed by atoms with van der Waals surface area (Å²) in [6, 6.07) is 6.35. The Morgan fingerprint density at radius 1 is 1.36 bits per heavy atom. The SMILES string of the molecule is CN(C)[C@@H](CNC(=O)N(Cc1ccsc1)C1CCCC1)c1ccco1. The predicted octanol–water partition coefficient (Wildman–Crippen LogP) is 4.10. The van der Waals surface area contributed by atoms with Crippen molar-refractivity contribution in [3.63, 3.8) is 0 Å². The van der Waals surface area contributed by atoms with Crippen molar-refractivity contribution in [2.45, 2.75) is 44.3 Å². The smallest absolute Gasteiger partial charge is 0.318 e. The second kappa shape index (κ2) is 8.54. The average Bonchev–Trinajstić information content (AvgIpc) is 3.33. The Balaban J connectivity index is 1.64. The summed E-state index contributed by atoms with van der Waals surface area (Å²) in [5.41, 5.74) is 1.21. The molecule has 1 aliphatic rings. The quantitative estimate of drug-likeness (QED) is 0.808. The van der Waals surface area contributed by atoms with E-state index in [2.05, 4.69) is 27.0 Å². The molecular weight excluding hydrogens is 334 g/mol. The van der Waals surface area contributed by atoms with Crippen LogP contribution in [0.5, 0.6) is 0 Å². The zero-order valence-electron chi connectivity index (χ0n) is 15.0. The number of likely N-dealkylation sites (N-methyl/N-ethyl adjacent to an activating group) is 1. The van der Waals surface area contributed by atoms with E-state index in [4.69, 9.17) is 4.42 Å². The number of carbonyl (C=O) groups is 1. The van der Waals surface area contributed by atoms with Gasteiger partial charge in [-0.15, -0.1) is 0 Å². The third-order valence-corrected chi connectivity index (χ3v) is 5.63. The van der Waals surface area contributed by atoms with Crippen LogP contribution in [0.25, 0.3) is 0 Å². The first-order chi connectivity index (χ1) is 12.1. The summed E-state index contributed by atoms with van der Waals surface area (Å²) in [5, 5.41) is 7.32. The second-order valence-corrected chi connectivity index (χ2v) is 7.66. The molecule has 1 N–H and O–H groups in total. The van der Waals surface area contributed by atoms with Gasteiger partial charge in [0.05, 0.1) is 12.3 Å². The highest BCUT2D eigenvalue weighted by Gasteiger charge is 2.28. The van der Waals surface area contributed by atoms with Gasteiger partial charge in [0.25, 0.3) is 0 Å². The van der Waals surface area contributed by atoms with Crippen LogP contribution >= 0.6 is 11.3 Å². The summed E-state index contributed by atoms with van der Waals surface area (Å²) >= 11 is 1.68. The molecule has 2 amide bonds. The fourth-order valence-electron chi connectivity index (χ4n) is 3.47. The molecule has 0 unspecified atom stereocenters. The molecular formula is C19H27N3O2S. The zero-order chi connectivity index (χ0) is 17.6. The maximum Gasteiger partial charge on any atom is 0.318 e. The largest absolute Gasteiger partial charge is 0.468 e. The van der Waals surface area contributed by atoms with Crippen molar-refractivity contribution in [1.29, 1.82) is 0 Å². The topological polar surface area (TPSA) is 48.7 Å². The lowest BCUT2D eigenvalue weighted by atomic mass is 10.2. The van der Waals surface area contributed by atoms with Crippen LogP contribution in [0.3, 0.4) is 0 Å². The summed E-state index contributed by atoms with van der Waals surface area (Å²) in [7, 11) is 4.00. The number of hydrogen-bond donors (Lipinski definition) is 1. The Labute approximate surface area is 153 Å². The molecule has 25 heavy (non-hydrogen) atoms. The fraction of sp³-hybridized carbons (Fsp3) is 0.526. The van der Waals surface area contributed by atoms with Crippen molar-refractivity contribution in [2.24, 2.45) is 0 Å². The summed E-state index contributed by atoms with van der Waals surface area (Å²) in [5.74, 6) is 0.871. The molecule has 1 saturated carbocycles. The van der Waals surface area contributed by atoms with Crippen LogP contribution in [0, 0.1) is 0 Å². The van der Waals surface area contributed by atoms with Crippen molar-refractivity contribution in [3.05, 3.63) is 46.5 Å². The maximum absolute atomic E-state index is 12.9. The van der Waals surface area contributed by atoms with Crippen LogP contribution in [0.4, 0.5) is 4.79 Å². The Morgan fingerprint density at radius 2 is 2.16 bits per heavy atom. The summed E-state index contributed by atoms with van der Waals surface area (Å²) in [4.78, 5) is 17.0. The highest BCUT2D eigenvalue weighted by atomic mass is 32.1. The Bertz CT molecular complexity index is 634. The molecule has 1 aliphatic carbocycles. The van der Waals surface area contributed by atoms with Gasteiger partial charge < -0.3 is 14.6 Å². The molecule has 0 aliphatic heterocycles. The molecule has 1 fully saturated rings. The van der Waals surface area contributed by atoms with Crippen molar-refractivity contribution in [3.8, 4) is 0 Å². The lowest BCUT2D eigenvalue weighted by Crippen LogP contribution is -2.46. The van der Waals surface area contributed by atoms with Gasteiger partial charge in [0.15, 0.2) is 0 Å². The van der Waals surface area contributed by atoms with E-state index in [-0.39, 0.29) is 12.1 Å². The van der Waals surface area contributed by atoms with Gasteiger partial charge in [-0.2, -0.15) is 11.3 Å². The first-order valence-electron chi connectivity index (χ1n) is 8.90. The average molecular weight is 362 g/mol. The van der Waals surface area contributed by atoms with Crippen molar-refractivity contribution in [1.82, 2.24) is 15.1 Å². The van der Waals surface area contributed by atoms with Gasteiger partial charge in [0.2, 0.25) is 0 Å². The van der Waals surface area contributed by atoms with Gasteiger partial charge in [0.1, 0.15) is 5.76 Å². The monoisotopic (exact) mass is 361 g/mol. The zero-order valence-corrected chi connectivity index (χ0v) is 15.8. The van der Waals surface area contributed by atoms with Gasteiger partial charge in [-0.25, -0.2) is 4.79 Å². The molecule has 2 aromatic heterocycles. The van der Waals surface area contributed by atoms with E-state index < -0.39 is 0 Å². The molecule has 0 radical (unpaired) electrons. The van der Waals surface area contributed by atoms with Gasteiger partial charge in [-0.05, 0) is 61.5 Å². The van der Waals surface area contributed by atoms with Crippen molar-refractivity contribution < 1.29 is 9.21 Å². The lowest BCUT2D eigenvalue weighted by molar-refractivity contribution is 0.165. The predicted molar refractivity (Wildman–Crippen MR) is 101 cm³/mol. The Hall–Kier alpha value is -1.79. The summed E-state index contributed by atoms with van der Waals surface area (Å²) in [6.45, 7) is 1.22. The first-order valence-corrected chi connectivity index (χ1v) is 9.85. The third-order valence-electron chi connectivity index (χ3n) is 4.90. The van der Waals surface area contributed by atoms with E-state index in [1.165, 1.54) is 18.4 Å². The van der Waals surface area contributed by atoms with Gasteiger partial charge in [-0.3, -0.25) is 4.90 Å². The van der Waals surface area contributed by atoms with Crippen molar-refractivity contribution in [2.75, 3.05) is 20.6 Å². The second-order valence-electron chi connectivity index (χ2n) is 6.88. The number of rotatable bonds is 7. The molecule has 0 spiro atoms. The van der Waals surface area contributed by atoms with Crippen LogP contribution in [0.2, 0.25) is 0 Å². The highest BCUT2D eigenvalue weighted by molar-refractivity contribution is 7.07. The number of amides is 2. The van der Waals surface area contributed by atoms with Crippen LogP contribution in [0.15, 0.2) is 39.6 Å². The number of nitrogens with one attached hydrogen (secondary N) is 1. The van der Waals surface area contributed by atoms with Gasteiger partial charge in [-0.1, -0.05) is 12.8 Å². The number of carbonyl (C=O) groups excluding carboxylic acids is 1. The molecule has 2 heterocycles. The fourth-order valence-corrected chi connectivity index (χ4v) is 4.13. The van der Waals surface area contributed by atoms with Gasteiger partial charge in [0, 0.05) is 19.1 Å². The normalized spacial score (nSPS) is 16.3. The minimum atomic E-state index is 0.0245. The number of thiophene rings is 1. The van der Waals surface area contributed by atoms with Crippen LogP contribution in [0.1, 0.15) is 43.0 Å². The number of furan rings is 1. The molecule has 0 bridgehead atoms. The summed E-state index contributed by atoms with van der Waals surface area (Å²) < 4.78 is 5.53. The molecule has 0 aromatic carbocycles. The van der Waals surface area contributed by atoms with Crippen LogP contribution < -0.4 is 5.32 Å². The Kier molecular flexibility index (Phi) is 6.15. The number of nitrogens with zero attached hydrogens (tertiary/aromatic N) is 2. The molecule has 6 heteroatoms. The molecule has 136 valence electrons.